The fourth-order valence-corrected chi connectivity index (χ4v) is 4.27. The second kappa shape index (κ2) is 9.07. The van der Waals surface area contributed by atoms with E-state index in [1.165, 1.54) is 11.1 Å². The van der Waals surface area contributed by atoms with Crippen LogP contribution in [0.15, 0.2) is 29.3 Å². The molecule has 1 atom stereocenters. The van der Waals surface area contributed by atoms with Gasteiger partial charge in [0.15, 0.2) is 5.96 Å². The van der Waals surface area contributed by atoms with Crippen LogP contribution in [0.4, 0.5) is 0 Å². The third-order valence-electron chi connectivity index (χ3n) is 5.98. The number of hydrogen-bond donors (Lipinski definition) is 2. The predicted molar refractivity (Wildman–Crippen MR) is 110 cm³/mol. The molecule has 2 heterocycles. The standard InChI is InChI=1S/C22H35N3O2/c1-4-23-20(24-16-21(3)10-7-13-27-21)25-17-22(11-14-26-15-12-22)19-9-6-5-8-18(19)2/h5-6,8-9H,4,7,10-17H2,1-3H3,(H2,23,24,25). The quantitative estimate of drug-likeness (QED) is 0.594. The molecule has 2 fully saturated rings. The number of hydrogen-bond acceptors (Lipinski definition) is 3. The Bertz CT molecular complexity index is 632. The molecular formula is C22H35N3O2. The molecule has 0 saturated carbocycles. The van der Waals surface area contributed by atoms with Gasteiger partial charge in [0.2, 0.25) is 0 Å². The third kappa shape index (κ3) is 5.02. The summed E-state index contributed by atoms with van der Waals surface area (Å²) in [4.78, 5) is 4.84. The minimum Gasteiger partial charge on any atom is -0.381 e. The van der Waals surface area contributed by atoms with Crippen LogP contribution in [0.5, 0.6) is 0 Å². The summed E-state index contributed by atoms with van der Waals surface area (Å²) in [6, 6.07) is 8.76. The minimum atomic E-state index is -0.116. The molecule has 1 unspecified atom stereocenters. The normalized spacial score (nSPS) is 25.4. The first-order valence-corrected chi connectivity index (χ1v) is 10.4. The van der Waals surface area contributed by atoms with Crippen molar-refractivity contribution in [2.45, 2.75) is 57.5 Å². The lowest BCUT2D eigenvalue weighted by Gasteiger charge is -2.39. The minimum absolute atomic E-state index is 0.0908. The number of rotatable bonds is 6. The van der Waals surface area contributed by atoms with Crippen LogP contribution in [0.25, 0.3) is 0 Å². The molecule has 1 aromatic carbocycles. The van der Waals surface area contributed by atoms with Crippen molar-refractivity contribution in [3.63, 3.8) is 0 Å². The zero-order valence-corrected chi connectivity index (χ0v) is 17.1. The van der Waals surface area contributed by atoms with E-state index in [1.807, 2.05) is 0 Å². The van der Waals surface area contributed by atoms with Crippen LogP contribution in [0.3, 0.4) is 0 Å². The maximum atomic E-state index is 5.89. The lowest BCUT2D eigenvalue weighted by atomic mass is 9.72. The van der Waals surface area contributed by atoms with Crippen molar-refractivity contribution in [2.24, 2.45) is 4.99 Å². The fraction of sp³-hybridized carbons (Fsp3) is 0.682. The van der Waals surface area contributed by atoms with Gasteiger partial charge in [-0.15, -0.1) is 0 Å². The van der Waals surface area contributed by atoms with Crippen LogP contribution < -0.4 is 10.6 Å². The molecule has 0 aromatic heterocycles. The first kappa shape index (κ1) is 20.2. The second-order valence-corrected chi connectivity index (χ2v) is 8.16. The molecule has 0 amide bonds. The number of aryl methyl sites for hydroxylation is 1. The van der Waals surface area contributed by atoms with Gasteiger partial charge in [0.1, 0.15) is 0 Å². The van der Waals surface area contributed by atoms with Crippen LogP contribution in [0, 0.1) is 6.92 Å². The summed E-state index contributed by atoms with van der Waals surface area (Å²) in [5.41, 5.74) is 2.76. The molecule has 2 saturated heterocycles. The van der Waals surface area contributed by atoms with Gasteiger partial charge in [0, 0.05) is 38.3 Å². The lowest BCUT2D eigenvalue weighted by Crippen LogP contribution is -2.48. The highest BCUT2D eigenvalue weighted by molar-refractivity contribution is 5.80. The van der Waals surface area contributed by atoms with Crippen LogP contribution in [-0.2, 0) is 14.9 Å². The molecule has 27 heavy (non-hydrogen) atoms. The van der Waals surface area contributed by atoms with Crippen molar-refractivity contribution in [3.8, 4) is 0 Å². The Morgan fingerprint density at radius 3 is 2.56 bits per heavy atom. The van der Waals surface area contributed by atoms with Gasteiger partial charge < -0.3 is 20.1 Å². The van der Waals surface area contributed by atoms with Gasteiger partial charge in [-0.1, -0.05) is 24.3 Å². The molecule has 150 valence electrons. The molecule has 0 spiro atoms. The smallest absolute Gasteiger partial charge is 0.191 e. The summed E-state index contributed by atoms with van der Waals surface area (Å²) in [6.07, 6.45) is 4.28. The Kier molecular flexibility index (Phi) is 6.77. The molecule has 3 rings (SSSR count). The van der Waals surface area contributed by atoms with E-state index in [4.69, 9.17) is 14.5 Å². The number of ether oxygens (including phenoxy) is 2. The maximum absolute atomic E-state index is 5.89. The van der Waals surface area contributed by atoms with Crippen LogP contribution in [0.1, 0.15) is 50.7 Å². The summed E-state index contributed by atoms with van der Waals surface area (Å²) in [6.45, 7) is 11.4. The number of aliphatic imine (C=N–C) groups is 1. The van der Waals surface area contributed by atoms with Crippen molar-refractivity contribution in [1.29, 1.82) is 0 Å². The summed E-state index contributed by atoms with van der Waals surface area (Å²) in [7, 11) is 0. The molecule has 2 aliphatic rings. The Morgan fingerprint density at radius 2 is 1.89 bits per heavy atom. The molecule has 2 N–H and O–H groups in total. The predicted octanol–water partition coefficient (Wildman–Crippen LogP) is 3.17. The average molecular weight is 374 g/mol. The molecule has 5 nitrogen and oxygen atoms in total. The fourth-order valence-electron chi connectivity index (χ4n) is 4.27. The molecule has 2 aliphatic heterocycles. The van der Waals surface area contributed by atoms with E-state index in [-0.39, 0.29) is 11.0 Å². The van der Waals surface area contributed by atoms with Crippen molar-refractivity contribution in [3.05, 3.63) is 35.4 Å². The van der Waals surface area contributed by atoms with Gasteiger partial charge in [-0.3, -0.25) is 4.99 Å². The Balaban J connectivity index is 1.73. The molecule has 1 aromatic rings. The third-order valence-corrected chi connectivity index (χ3v) is 5.98. The van der Waals surface area contributed by atoms with Gasteiger partial charge >= 0.3 is 0 Å². The van der Waals surface area contributed by atoms with Crippen molar-refractivity contribution in [2.75, 3.05) is 39.5 Å². The molecular weight excluding hydrogens is 338 g/mol. The van der Waals surface area contributed by atoms with E-state index in [1.54, 1.807) is 0 Å². The Morgan fingerprint density at radius 1 is 1.11 bits per heavy atom. The number of guanidine groups is 1. The first-order chi connectivity index (χ1) is 13.1. The van der Waals surface area contributed by atoms with E-state index in [9.17, 15) is 0 Å². The van der Waals surface area contributed by atoms with Crippen LogP contribution in [-0.4, -0.2) is 51.0 Å². The van der Waals surface area contributed by atoms with Gasteiger partial charge in [0.05, 0.1) is 12.1 Å². The lowest BCUT2D eigenvalue weighted by molar-refractivity contribution is 0.0283. The van der Waals surface area contributed by atoms with E-state index < -0.39 is 0 Å². The van der Waals surface area contributed by atoms with Gasteiger partial charge in [-0.25, -0.2) is 0 Å². The van der Waals surface area contributed by atoms with E-state index in [0.717, 1.165) is 64.6 Å². The van der Waals surface area contributed by atoms with E-state index >= 15 is 0 Å². The highest BCUT2D eigenvalue weighted by Crippen LogP contribution is 2.36. The number of benzene rings is 1. The first-order valence-electron chi connectivity index (χ1n) is 10.4. The van der Waals surface area contributed by atoms with E-state index in [0.29, 0.717) is 6.54 Å². The highest BCUT2D eigenvalue weighted by atomic mass is 16.5. The average Bonchev–Trinajstić information content (AvgIpc) is 3.12. The van der Waals surface area contributed by atoms with Crippen molar-refractivity contribution >= 4 is 5.96 Å². The van der Waals surface area contributed by atoms with Crippen LogP contribution >= 0.6 is 0 Å². The zero-order chi connectivity index (χ0) is 19.2. The number of nitrogens with zero attached hydrogens (tertiary/aromatic N) is 1. The van der Waals surface area contributed by atoms with E-state index in [2.05, 4.69) is 55.7 Å². The van der Waals surface area contributed by atoms with Gasteiger partial charge in [-0.05, 0) is 57.6 Å². The summed E-state index contributed by atoms with van der Waals surface area (Å²) in [5.74, 6) is 0.883. The second-order valence-electron chi connectivity index (χ2n) is 8.16. The monoisotopic (exact) mass is 373 g/mol. The van der Waals surface area contributed by atoms with Crippen molar-refractivity contribution in [1.82, 2.24) is 10.6 Å². The molecule has 0 aliphatic carbocycles. The largest absolute Gasteiger partial charge is 0.381 e. The summed E-state index contributed by atoms with van der Waals surface area (Å²) < 4.78 is 11.6. The molecule has 0 radical (unpaired) electrons. The Hall–Kier alpha value is -1.59. The topological polar surface area (TPSA) is 54.9 Å². The summed E-state index contributed by atoms with van der Waals surface area (Å²) >= 11 is 0. The maximum Gasteiger partial charge on any atom is 0.191 e. The van der Waals surface area contributed by atoms with Gasteiger partial charge in [-0.2, -0.15) is 0 Å². The Labute approximate surface area is 163 Å². The summed E-state index contributed by atoms with van der Waals surface area (Å²) in [5, 5.41) is 7.02. The number of nitrogens with one attached hydrogen (secondary N) is 2. The molecule has 0 bridgehead atoms. The molecule has 5 heteroatoms. The zero-order valence-electron chi connectivity index (χ0n) is 17.1. The van der Waals surface area contributed by atoms with Gasteiger partial charge in [0.25, 0.3) is 0 Å². The van der Waals surface area contributed by atoms with Crippen molar-refractivity contribution < 1.29 is 9.47 Å². The SMILES string of the molecule is CCNC(=NCC1(C)CCCO1)NCC1(c2ccccc2C)CCOCC1. The highest BCUT2D eigenvalue weighted by Gasteiger charge is 2.36. The van der Waals surface area contributed by atoms with Crippen LogP contribution in [0.2, 0.25) is 0 Å².